The maximum atomic E-state index is 13.1. The van der Waals surface area contributed by atoms with Gasteiger partial charge in [-0.3, -0.25) is 4.79 Å². The van der Waals surface area contributed by atoms with Gasteiger partial charge in [0.15, 0.2) is 0 Å². The van der Waals surface area contributed by atoms with Gasteiger partial charge < -0.3 is 4.74 Å². The summed E-state index contributed by atoms with van der Waals surface area (Å²) in [4.78, 5) is 13.1. The number of halogens is 2. The van der Waals surface area contributed by atoms with Crippen LogP contribution in [0.25, 0.3) is 45.0 Å². The number of benzene rings is 4. The highest BCUT2D eigenvalue weighted by Crippen LogP contribution is 2.32. The van der Waals surface area contributed by atoms with Crippen LogP contribution in [0.4, 0.5) is 0 Å². The van der Waals surface area contributed by atoms with E-state index in [4.69, 9.17) is 4.74 Å². The summed E-state index contributed by atoms with van der Waals surface area (Å²) in [6.45, 7) is 0.500. The molecule has 0 aliphatic rings. The fraction of sp³-hybridized carbons (Fsp3) is 0.0625. The van der Waals surface area contributed by atoms with Crippen LogP contribution >= 0.6 is 31.9 Å². The average molecular weight is 738 g/mol. The second-order valence-electron chi connectivity index (χ2n) is 10.1. The van der Waals surface area contributed by atoms with Crippen molar-refractivity contribution in [3.05, 3.63) is 127 Å². The van der Waals surface area contributed by atoms with Gasteiger partial charge in [0.25, 0.3) is 5.56 Å². The molecule has 0 unspecified atom stereocenters. The lowest BCUT2D eigenvalue weighted by atomic mass is 9.98. The lowest BCUT2D eigenvalue weighted by Gasteiger charge is -2.13. The third kappa shape index (κ3) is 5.99. The molecule has 0 aliphatic heterocycles. The van der Waals surface area contributed by atoms with Crippen LogP contribution in [0.1, 0.15) is 11.1 Å². The van der Waals surface area contributed by atoms with Crippen molar-refractivity contribution in [1.29, 1.82) is 0 Å². The largest absolute Gasteiger partial charge is 0.471 e. The Morgan fingerprint density at radius 3 is 1.63 bits per heavy atom. The van der Waals surface area contributed by atoms with Crippen LogP contribution in [0.15, 0.2) is 111 Å². The first-order valence-corrected chi connectivity index (χ1v) is 15.6. The molecule has 14 heteroatoms. The first-order chi connectivity index (χ1) is 22.5. The van der Waals surface area contributed by atoms with Crippen LogP contribution in [-0.2, 0) is 13.2 Å². The number of nitrogens with zero attached hydrogens (tertiary/aromatic N) is 8. The summed E-state index contributed by atoms with van der Waals surface area (Å²) in [6, 6.07) is 31.6. The molecule has 0 saturated carbocycles. The van der Waals surface area contributed by atoms with Gasteiger partial charge in [0, 0.05) is 11.1 Å². The van der Waals surface area contributed by atoms with E-state index in [1.165, 1.54) is 4.68 Å². The van der Waals surface area contributed by atoms with Gasteiger partial charge in [0.2, 0.25) is 17.5 Å². The molecule has 3 heterocycles. The zero-order valence-electron chi connectivity index (χ0n) is 23.8. The number of rotatable bonds is 9. The molecule has 7 rings (SSSR count). The summed E-state index contributed by atoms with van der Waals surface area (Å²) in [5.41, 5.74) is 7.23. The Kier molecular flexibility index (Phi) is 8.27. The number of hydrogen-bond donors (Lipinski definition) is 2. The van der Waals surface area contributed by atoms with E-state index in [2.05, 4.69) is 78.2 Å². The zero-order chi connectivity index (χ0) is 31.5. The standard InChI is InChI=1S/C32H22Br2N10O2/c33-27-28(34)32(45)44(17-19-9-13-21(14-10-19)23-5-1-3-7-25(23)29-35-40-41-36-29)39-31(27)46-18-20-11-15-22(16-12-20)24-6-2-4-8-26(24)30-37-42-43-38-30/h1-16H,17-18H2,(H,35,36,40,41)(H,37,38,42,43). The normalized spacial score (nSPS) is 11.1. The number of H-pyrrole nitrogens is 2. The van der Waals surface area contributed by atoms with Crippen molar-refractivity contribution in [1.82, 2.24) is 51.0 Å². The van der Waals surface area contributed by atoms with Gasteiger partial charge in [-0.2, -0.15) is 10.4 Å². The molecule has 0 saturated heterocycles. The summed E-state index contributed by atoms with van der Waals surface area (Å²) >= 11 is 6.88. The van der Waals surface area contributed by atoms with Gasteiger partial charge in [-0.05, 0) is 75.7 Å². The van der Waals surface area contributed by atoms with Crippen LogP contribution in [0, 0.1) is 0 Å². The molecule has 0 amide bonds. The Morgan fingerprint density at radius 1 is 0.630 bits per heavy atom. The number of aromatic amines is 2. The van der Waals surface area contributed by atoms with E-state index in [1.54, 1.807) is 0 Å². The van der Waals surface area contributed by atoms with Gasteiger partial charge >= 0.3 is 0 Å². The predicted octanol–water partition coefficient (Wildman–Crippen LogP) is 6.09. The van der Waals surface area contributed by atoms with Gasteiger partial charge in [-0.25, -0.2) is 4.68 Å². The van der Waals surface area contributed by atoms with Crippen LogP contribution in [-0.4, -0.2) is 51.0 Å². The van der Waals surface area contributed by atoms with Crippen molar-refractivity contribution in [2.75, 3.05) is 0 Å². The van der Waals surface area contributed by atoms with Crippen molar-refractivity contribution < 1.29 is 4.74 Å². The smallest absolute Gasteiger partial charge is 0.282 e. The summed E-state index contributed by atoms with van der Waals surface area (Å²) in [5.74, 6) is 1.34. The fourth-order valence-electron chi connectivity index (χ4n) is 5.01. The molecule has 0 aliphatic carbocycles. The molecule has 0 atom stereocenters. The van der Waals surface area contributed by atoms with Gasteiger partial charge in [0.05, 0.1) is 6.54 Å². The molecule has 7 aromatic rings. The Morgan fingerprint density at radius 2 is 1.13 bits per heavy atom. The van der Waals surface area contributed by atoms with E-state index >= 15 is 0 Å². The highest BCUT2D eigenvalue weighted by Gasteiger charge is 2.17. The van der Waals surface area contributed by atoms with E-state index in [-0.39, 0.29) is 18.7 Å². The van der Waals surface area contributed by atoms with E-state index in [1.807, 2.05) is 97.1 Å². The Labute approximate surface area is 278 Å². The molecule has 4 aromatic carbocycles. The van der Waals surface area contributed by atoms with Crippen molar-refractivity contribution in [3.63, 3.8) is 0 Å². The molecule has 0 radical (unpaired) electrons. The quantitative estimate of drug-likeness (QED) is 0.179. The first-order valence-electron chi connectivity index (χ1n) is 14.0. The minimum atomic E-state index is -0.282. The monoisotopic (exact) mass is 736 g/mol. The Bertz CT molecular complexity index is 2170. The van der Waals surface area contributed by atoms with Crippen molar-refractivity contribution in [3.8, 4) is 50.9 Å². The molecule has 2 N–H and O–H groups in total. The summed E-state index contributed by atoms with van der Waals surface area (Å²) in [7, 11) is 0. The summed E-state index contributed by atoms with van der Waals surface area (Å²) in [6.07, 6.45) is 0. The Hall–Kier alpha value is -5.34. The minimum Gasteiger partial charge on any atom is -0.471 e. The van der Waals surface area contributed by atoms with Crippen LogP contribution in [0.3, 0.4) is 0 Å². The minimum absolute atomic E-state index is 0.248. The molecular formula is C32H22Br2N10O2. The average Bonchev–Trinajstić information content (AvgIpc) is 3.85. The zero-order valence-corrected chi connectivity index (χ0v) is 27.0. The highest BCUT2D eigenvalue weighted by atomic mass is 79.9. The van der Waals surface area contributed by atoms with Gasteiger partial charge in [-0.15, -0.1) is 25.5 Å². The lowest BCUT2D eigenvalue weighted by molar-refractivity contribution is 0.281. The molecule has 3 aromatic heterocycles. The lowest BCUT2D eigenvalue weighted by Crippen LogP contribution is -2.25. The third-order valence-corrected chi connectivity index (χ3v) is 9.28. The first kappa shape index (κ1) is 29.4. The van der Waals surface area contributed by atoms with E-state index in [0.717, 1.165) is 44.5 Å². The molecular weight excluding hydrogens is 716 g/mol. The van der Waals surface area contributed by atoms with Crippen molar-refractivity contribution >= 4 is 31.9 Å². The van der Waals surface area contributed by atoms with Crippen molar-refractivity contribution in [2.24, 2.45) is 0 Å². The third-order valence-electron chi connectivity index (χ3n) is 7.28. The van der Waals surface area contributed by atoms with E-state index < -0.39 is 0 Å². The van der Waals surface area contributed by atoms with Crippen LogP contribution in [0.2, 0.25) is 0 Å². The fourth-order valence-corrected chi connectivity index (χ4v) is 5.74. The molecule has 0 spiro atoms. The van der Waals surface area contributed by atoms with Gasteiger partial charge in [-0.1, -0.05) is 97.1 Å². The van der Waals surface area contributed by atoms with Crippen LogP contribution < -0.4 is 10.3 Å². The predicted molar refractivity (Wildman–Crippen MR) is 177 cm³/mol. The second kappa shape index (κ2) is 12.9. The molecule has 0 fully saturated rings. The molecule has 0 bridgehead atoms. The summed E-state index contributed by atoms with van der Waals surface area (Å²) < 4.78 is 8.25. The second-order valence-corrected chi connectivity index (χ2v) is 11.7. The van der Waals surface area contributed by atoms with Crippen LogP contribution in [0.5, 0.6) is 5.88 Å². The number of tetrazole rings is 2. The molecule has 46 heavy (non-hydrogen) atoms. The summed E-state index contributed by atoms with van der Waals surface area (Å²) in [5, 5.41) is 33.4. The Balaban J connectivity index is 1.08. The topological polar surface area (TPSA) is 153 Å². The number of hydrogen-bond acceptors (Lipinski definition) is 9. The number of nitrogens with one attached hydrogen (secondary N) is 2. The van der Waals surface area contributed by atoms with Crippen molar-refractivity contribution in [2.45, 2.75) is 13.2 Å². The highest BCUT2D eigenvalue weighted by molar-refractivity contribution is 9.13. The maximum absolute atomic E-state index is 13.1. The van der Waals surface area contributed by atoms with E-state index in [0.29, 0.717) is 26.5 Å². The molecule has 226 valence electrons. The number of aromatic nitrogens is 10. The SMILES string of the molecule is O=c1c(Br)c(Br)c(OCc2ccc(-c3ccccc3-c3nn[nH]n3)cc2)nn1Cc1ccc(-c2ccccc2-c2nn[nH]n2)cc1. The maximum Gasteiger partial charge on any atom is 0.282 e. The van der Waals surface area contributed by atoms with Gasteiger partial charge in [0.1, 0.15) is 15.6 Å². The molecule has 12 nitrogen and oxygen atoms in total. The number of ether oxygens (including phenoxy) is 1. The van der Waals surface area contributed by atoms with E-state index in [9.17, 15) is 4.79 Å².